The van der Waals surface area contributed by atoms with Crippen molar-refractivity contribution in [1.29, 1.82) is 0 Å². The van der Waals surface area contributed by atoms with Crippen LogP contribution in [0, 0.1) is 0 Å². The zero-order chi connectivity index (χ0) is 7.56. The van der Waals surface area contributed by atoms with Crippen LogP contribution in [0.5, 0.6) is 0 Å². The SMILES string of the molecule is NC(=O)C1=C[N]([Al])C=CC1. The highest BCUT2D eigenvalue weighted by molar-refractivity contribution is 6.06. The molecule has 3 nitrogen and oxygen atoms in total. The molecule has 0 fully saturated rings. The van der Waals surface area contributed by atoms with E-state index < -0.39 is 0 Å². The van der Waals surface area contributed by atoms with Gasteiger partial charge in [0, 0.05) is 5.57 Å². The van der Waals surface area contributed by atoms with Gasteiger partial charge in [-0.2, -0.15) is 0 Å². The fraction of sp³-hybridized carbons (Fsp3) is 0.167. The summed E-state index contributed by atoms with van der Waals surface area (Å²) in [6.45, 7) is 0. The van der Waals surface area contributed by atoms with E-state index in [0.717, 1.165) is 0 Å². The number of carbonyl (C=O) groups excluding carboxylic acids is 1. The lowest BCUT2D eigenvalue weighted by molar-refractivity contribution is -0.114. The molecule has 0 aromatic heterocycles. The van der Waals surface area contributed by atoms with Crippen molar-refractivity contribution in [3.05, 3.63) is 24.0 Å². The zero-order valence-corrected chi connectivity index (χ0v) is 6.60. The van der Waals surface area contributed by atoms with Gasteiger partial charge in [-0.1, -0.05) is 6.08 Å². The van der Waals surface area contributed by atoms with Crippen molar-refractivity contribution in [1.82, 2.24) is 3.88 Å². The summed E-state index contributed by atoms with van der Waals surface area (Å²) in [5.41, 5.74) is 5.69. The summed E-state index contributed by atoms with van der Waals surface area (Å²) in [4.78, 5) is 10.6. The molecule has 4 heteroatoms. The second kappa shape index (κ2) is 2.91. The Bertz CT molecular complexity index is 210. The van der Waals surface area contributed by atoms with E-state index in [1.165, 1.54) is 0 Å². The Hall–Kier alpha value is -0.718. The van der Waals surface area contributed by atoms with Crippen molar-refractivity contribution in [3.63, 3.8) is 0 Å². The topological polar surface area (TPSA) is 46.3 Å². The van der Waals surface area contributed by atoms with Crippen LogP contribution in [0.25, 0.3) is 0 Å². The van der Waals surface area contributed by atoms with Crippen molar-refractivity contribution >= 4 is 22.4 Å². The quantitative estimate of drug-likeness (QED) is 0.520. The third-order valence-corrected chi connectivity index (χ3v) is 1.56. The monoisotopic (exact) mass is 150 g/mol. The molecule has 2 N–H and O–H groups in total. The number of carbonyl (C=O) groups is 1. The van der Waals surface area contributed by atoms with E-state index >= 15 is 0 Å². The van der Waals surface area contributed by atoms with E-state index in [2.05, 4.69) is 16.5 Å². The molecule has 0 aromatic rings. The van der Waals surface area contributed by atoms with Crippen LogP contribution in [0.15, 0.2) is 24.0 Å². The van der Waals surface area contributed by atoms with Crippen LogP contribution in [-0.2, 0) is 4.79 Å². The Morgan fingerprint density at radius 1 is 1.80 bits per heavy atom. The molecule has 0 saturated carbocycles. The van der Waals surface area contributed by atoms with Crippen molar-refractivity contribution in [2.75, 3.05) is 0 Å². The number of hydrogen-bond donors (Lipinski definition) is 1. The second-order valence-electron chi connectivity index (χ2n) is 2.05. The average molecular weight is 150 g/mol. The highest BCUT2D eigenvalue weighted by atomic mass is 27.1. The minimum atomic E-state index is -0.350. The Morgan fingerprint density at radius 2 is 2.50 bits per heavy atom. The smallest absolute Gasteiger partial charge is 0.316 e. The molecule has 0 unspecified atom stereocenters. The van der Waals surface area contributed by atoms with E-state index in [9.17, 15) is 4.79 Å². The van der Waals surface area contributed by atoms with Crippen LogP contribution in [0.3, 0.4) is 0 Å². The number of primary amides is 1. The predicted octanol–water partition coefficient (Wildman–Crippen LogP) is -0.342. The molecule has 1 amide bonds. The highest BCUT2D eigenvalue weighted by Crippen LogP contribution is 2.08. The molecule has 50 valence electrons. The van der Waals surface area contributed by atoms with Crippen LogP contribution < -0.4 is 5.73 Å². The molecule has 1 aliphatic heterocycles. The fourth-order valence-corrected chi connectivity index (χ4v) is 1.04. The summed E-state index contributed by atoms with van der Waals surface area (Å²) in [7, 11) is 0. The van der Waals surface area contributed by atoms with Gasteiger partial charge in [0.05, 0.1) is 0 Å². The third kappa shape index (κ3) is 1.63. The first kappa shape index (κ1) is 7.39. The number of allylic oxidation sites excluding steroid dienone is 1. The molecule has 1 heterocycles. The minimum absolute atomic E-state index is 0.350. The van der Waals surface area contributed by atoms with Gasteiger partial charge >= 0.3 is 16.5 Å². The largest absolute Gasteiger partial charge is 0.464 e. The highest BCUT2D eigenvalue weighted by Gasteiger charge is 2.05. The van der Waals surface area contributed by atoms with Gasteiger partial charge in [-0.05, 0) is 18.8 Å². The zero-order valence-electron chi connectivity index (χ0n) is 5.45. The predicted molar refractivity (Wildman–Crippen MR) is 38.6 cm³/mol. The molecule has 0 atom stereocenters. The first-order chi connectivity index (χ1) is 4.70. The summed E-state index contributed by atoms with van der Waals surface area (Å²) >= 11 is 2.44. The average Bonchev–Trinajstić information content (AvgIpc) is 1.88. The summed E-state index contributed by atoms with van der Waals surface area (Å²) in [5.74, 6) is -0.350. The van der Waals surface area contributed by atoms with Crippen molar-refractivity contribution < 1.29 is 4.79 Å². The Labute approximate surface area is 67.8 Å². The molecule has 0 saturated heterocycles. The van der Waals surface area contributed by atoms with Crippen LogP contribution >= 0.6 is 0 Å². The molecule has 1 aliphatic rings. The number of nitrogens with two attached hydrogens (primary N) is 1. The maximum atomic E-state index is 10.6. The maximum Gasteiger partial charge on any atom is 0.316 e. The second-order valence-corrected chi connectivity index (χ2v) is 2.65. The molecule has 0 bridgehead atoms. The summed E-state index contributed by atoms with van der Waals surface area (Å²) in [6.07, 6.45) is 6.08. The van der Waals surface area contributed by atoms with E-state index in [1.54, 1.807) is 10.1 Å². The molecule has 2 radical (unpaired) electrons. The molecule has 0 aromatic carbocycles. The Kier molecular flexibility index (Phi) is 2.15. The van der Waals surface area contributed by atoms with Crippen LogP contribution in [0.4, 0.5) is 0 Å². The molecule has 0 aliphatic carbocycles. The normalized spacial score (nSPS) is 16.8. The molecular weight excluding hydrogens is 143 g/mol. The molecule has 0 spiro atoms. The molecular formula is C6H7AlN2O. The van der Waals surface area contributed by atoms with Gasteiger partial charge in [0.1, 0.15) is 0 Å². The number of hydrogen-bond acceptors (Lipinski definition) is 2. The van der Waals surface area contributed by atoms with E-state index in [1.807, 2.05) is 12.3 Å². The van der Waals surface area contributed by atoms with Gasteiger partial charge in [0.25, 0.3) is 0 Å². The maximum absolute atomic E-state index is 10.6. The lowest BCUT2D eigenvalue weighted by atomic mass is 10.1. The lowest BCUT2D eigenvalue weighted by Crippen LogP contribution is -2.19. The van der Waals surface area contributed by atoms with Gasteiger partial charge in [-0.15, -0.1) is 0 Å². The van der Waals surface area contributed by atoms with E-state index in [0.29, 0.717) is 12.0 Å². The van der Waals surface area contributed by atoms with E-state index in [4.69, 9.17) is 5.73 Å². The Morgan fingerprint density at radius 3 is 2.90 bits per heavy atom. The number of nitrogens with zero attached hydrogens (tertiary/aromatic N) is 1. The molecule has 1 rings (SSSR count). The van der Waals surface area contributed by atoms with E-state index in [-0.39, 0.29) is 5.91 Å². The summed E-state index contributed by atoms with van der Waals surface area (Å²) in [5, 5.41) is 0. The fourth-order valence-electron chi connectivity index (χ4n) is 0.741. The van der Waals surface area contributed by atoms with Gasteiger partial charge in [-0.3, -0.25) is 4.79 Å². The van der Waals surface area contributed by atoms with Crippen molar-refractivity contribution in [2.24, 2.45) is 5.73 Å². The number of rotatable bonds is 1. The minimum Gasteiger partial charge on any atom is -0.464 e. The third-order valence-electron chi connectivity index (χ3n) is 1.24. The van der Waals surface area contributed by atoms with Crippen LogP contribution in [-0.4, -0.2) is 26.3 Å². The van der Waals surface area contributed by atoms with Gasteiger partial charge in [0.15, 0.2) is 0 Å². The summed E-state index contributed by atoms with van der Waals surface area (Å²) < 4.78 is 1.73. The van der Waals surface area contributed by atoms with Gasteiger partial charge < -0.3 is 9.62 Å². The van der Waals surface area contributed by atoms with Crippen molar-refractivity contribution in [2.45, 2.75) is 6.42 Å². The Balaban J connectivity index is 2.71. The number of amides is 1. The van der Waals surface area contributed by atoms with Crippen LogP contribution in [0.2, 0.25) is 0 Å². The molecule has 10 heavy (non-hydrogen) atoms. The van der Waals surface area contributed by atoms with Gasteiger partial charge in [-0.25, -0.2) is 0 Å². The first-order valence-electron chi connectivity index (χ1n) is 2.90. The van der Waals surface area contributed by atoms with Crippen molar-refractivity contribution in [3.8, 4) is 0 Å². The standard InChI is InChI=1S/C6H8N2O.Al/c7-6(9)5-2-1-3-8-4-5;/h1,3-4H,2H2,(H3,7,8,9);/q;+1/p-1. The summed E-state index contributed by atoms with van der Waals surface area (Å²) in [6, 6.07) is 0. The lowest BCUT2D eigenvalue weighted by Gasteiger charge is -2.16. The van der Waals surface area contributed by atoms with Gasteiger partial charge in [0.2, 0.25) is 5.91 Å². The van der Waals surface area contributed by atoms with Crippen LogP contribution in [0.1, 0.15) is 6.42 Å². The first-order valence-corrected chi connectivity index (χ1v) is 3.42.